The molecule has 12 heteroatoms. The molecule has 0 aliphatic heterocycles. The number of hydrogen-bond acceptors (Lipinski definition) is 7. The largest absolute Gasteiger partial charge is 0.507 e. The van der Waals surface area contributed by atoms with Gasteiger partial charge in [0.05, 0.1) is 28.5 Å². The molecule has 4 rings (SSSR count). The molecule has 3 N–H and O–H groups in total. The molecule has 4 aromatic rings. The summed E-state index contributed by atoms with van der Waals surface area (Å²) >= 11 is 12.1. The van der Waals surface area contributed by atoms with Crippen LogP contribution in [0.15, 0.2) is 65.7 Å². The molecule has 10 nitrogen and oxygen atoms in total. The number of aromatic hydroxyl groups is 1. The number of rotatable bonds is 6. The molecular weight excluding hydrogens is 533 g/mol. The van der Waals surface area contributed by atoms with E-state index < -0.39 is 17.6 Å². The lowest BCUT2D eigenvalue weighted by Crippen LogP contribution is -2.29. The lowest BCUT2D eigenvalue weighted by molar-refractivity contribution is 0.0597. The Kier molecular flexibility index (Phi) is 7.94. The number of benzene rings is 2. The van der Waals surface area contributed by atoms with Crippen molar-refractivity contribution in [3.05, 3.63) is 86.9 Å². The maximum absolute atomic E-state index is 12.9. The zero-order valence-corrected chi connectivity index (χ0v) is 21.7. The Hall–Kier alpha value is -4.41. The number of methoxy groups -OCH3 is 1. The molecule has 194 valence electrons. The minimum absolute atomic E-state index is 0.0128. The SMILES string of the molecule is CCn1nc(-c2cccc(-c3ccc(C(=O)OC)c(O)c3)c2)cc(NC(=O)Nc2c(Cl)cncc2Cl)c1=O. The number of pyridine rings is 1. The number of ether oxygens (including phenoxy) is 1. The van der Waals surface area contributed by atoms with Crippen LogP contribution in [0.5, 0.6) is 5.75 Å². The molecule has 0 atom stereocenters. The van der Waals surface area contributed by atoms with Gasteiger partial charge in [0.1, 0.15) is 17.0 Å². The van der Waals surface area contributed by atoms with E-state index in [1.54, 1.807) is 31.2 Å². The first-order valence-electron chi connectivity index (χ1n) is 11.2. The van der Waals surface area contributed by atoms with Crippen LogP contribution < -0.4 is 16.2 Å². The van der Waals surface area contributed by atoms with Gasteiger partial charge in [0.2, 0.25) is 0 Å². The molecule has 0 spiro atoms. The second-order valence-electron chi connectivity index (χ2n) is 7.93. The predicted molar refractivity (Wildman–Crippen MR) is 145 cm³/mol. The van der Waals surface area contributed by atoms with E-state index >= 15 is 0 Å². The summed E-state index contributed by atoms with van der Waals surface area (Å²) in [5, 5.41) is 20.0. The van der Waals surface area contributed by atoms with E-state index in [0.717, 1.165) is 5.56 Å². The van der Waals surface area contributed by atoms with Gasteiger partial charge >= 0.3 is 12.0 Å². The minimum Gasteiger partial charge on any atom is -0.507 e. The van der Waals surface area contributed by atoms with Crippen molar-refractivity contribution in [2.24, 2.45) is 0 Å². The third kappa shape index (κ3) is 5.61. The highest BCUT2D eigenvalue weighted by molar-refractivity contribution is 6.39. The molecule has 0 fully saturated rings. The number of anilines is 2. The smallest absolute Gasteiger partial charge is 0.341 e. The lowest BCUT2D eigenvalue weighted by Gasteiger charge is -2.13. The second kappa shape index (κ2) is 11.3. The fourth-order valence-electron chi connectivity index (χ4n) is 3.64. The maximum atomic E-state index is 12.9. The number of urea groups is 1. The molecule has 0 saturated carbocycles. The number of halogens is 2. The van der Waals surface area contributed by atoms with Crippen LogP contribution in [0.1, 0.15) is 17.3 Å². The zero-order chi connectivity index (χ0) is 27.4. The summed E-state index contributed by atoms with van der Waals surface area (Å²) < 4.78 is 5.89. The van der Waals surface area contributed by atoms with Gasteiger partial charge in [-0.25, -0.2) is 14.3 Å². The summed E-state index contributed by atoms with van der Waals surface area (Å²) in [6.45, 7) is 2.01. The topological polar surface area (TPSA) is 135 Å². The van der Waals surface area contributed by atoms with Gasteiger partial charge in [0.15, 0.2) is 0 Å². The summed E-state index contributed by atoms with van der Waals surface area (Å²) in [7, 11) is 1.23. The molecule has 0 radical (unpaired) electrons. The number of carbonyl (C=O) groups excluding carboxylic acids is 2. The summed E-state index contributed by atoms with van der Waals surface area (Å²) in [6, 6.07) is 12.5. The van der Waals surface area contributed by atoms with Gasteiger partial charge in [-0.15, -0.1) is 0 Å². The second-order valence-corrected chi connectivity index (χ2v) is 8.74. The van der Waals surface area contributed by atoms with E-state index in [9.17, 15) is 19.5 Å². The van der Waals surface area contributed by atoms with Crippen molar-refractivity contribution >= 4 is 46.6 Å². The van der Waals surface area contributed by atoms with E-state index in [1.807, 2.05) is 6.07 Å². The molecule has 0 aliphatic carbocycles. The van der Waals surface area contributed by atoms with Crippen LogP contribution in [-0.4, -0.2) is 39.0 Å². The monoisotopic (exact) mass is 553 g/mol. The average molecular weight is 554 g/mol. The predicted octanol–water partition coefficient (Wildman–Crippen LogP) is 5.44. The number of amides is 2. The molecule has 0 bridgehead atoms. The van der Waals surface area contributed by atoms with Crippen LogP contribution in [0.25, 0.3) is 22.4 Å². The Bertz CT molecular complexity index is 1590. The van der Waals surface area contributed by atoms with Crippen molar-refractivity contribution in [1.29, 1.82) is 0 Å². The van der Waals surface area contributed by atoms with Crippen molar-refractivity contribution in [2.45, 2.75) is 13.5 Å². The fourth-order valence-corrected chi connectivity index (χ4v) is 4.10. The standard InChI is InChI=1S/C26H21Cl2N5O5/c1-3-33-24(35)21(30-26(37)31-23-18(27)12-29-13-19(23)28)11-20(32-33)16-6-4-5-14(9-16)15-7-8-17(22(34)10-15)25(36)38-2/h4-13,34H,3H2,1-2H3,(H2,29,30,31,37). The molecule has 0 aliphatic rings. The highest BCUT2D eigenvalue weighted by atomic mass is 35.5. The van der Waals surface area contributed by atoms with Crippen molar-refractivity contribution in [3.63, 3.8) is 0 Å². The summed E-state index contributed by atoms with van der Waals surface area (Å²) in [6.07, 6.45) is 2.65. The normalized spacial score (nSPS) is 10.6. The number of phenolic OH excluding ortho intramolecular Hbond substituents is 1. The first kappa shape index (κ1) is 26.6. The molecular formula is C26H21Cl2N5O5. The highest BCUT2D eigenvalue weighted by Crippen LogP contribution is 2.31. The van der Waals surface area contributed by atoms with Crippen LogP contribution in [0.3, 0.4) is 0 Å². The quantitative estimate of drug-likeness (QED) is 0.270. The number of hydrogen-bond donors (Lipinski definition) is 3. The van der Waals surface area contributed by atoms with Crippen LogP contribution in [-0.2, 0) is 11.3 Å². The number of esters is 1. The number of aryl methyl sites for hydroxylation is 1. The number of aromatic nitrogens is 3. The molecule has 0 unspecified atom stereocenters. The van der Waals surface area contributed by atoms with Gasteiger partial charge in [-0.2, -0.15) is 5.10 Å². The molecule has 2 amide bonds. The van der Waals surface area contributed by atoms with E-state index in [4.69, 9.17) is 23.2 Å². The first-order chi connectivity index (χ1) is 18.2. The number of nitrogens with zero attached hydrogens (tertiary/aromatic N) is 3. The third-order valence-electron chi connectivity index (χ3n) is 5.51. The Morgan fingerprint density at radius 3 is 2.34 bits per heavy atom. The van der Waals surface area contributed by atoms with Crippen molar-refractivity contribution < 1.29 is 19.4 Å². The van der Waals surface area contributed by atoms with Gasteiger partial charge in [0, 0.05) is 24.5 Å². The average Bonchev–Trinajstić information content (AvgIpc) is 2.91. The van der Waals surface area contributed by atoms with Gasteiger partial charge in [-0.1, -0.05) is 47.5 Å². The van der Waals surface area contributed by atoms with Gasteiger partial charge in [-0.3, -0.25) is 9.78 Å². The van der Waals surface area contributed by atoms with Crippen LogP contribution in [0, 0.1) is 0 Å². The van der Waals surface area contributed by atoms with Crippen molar-refractivity contribution in [1.82, 2.24) is 14.8 Å². The van der Waals surface area contributed by atoms with E-state index in [1.165, 1.54) is 42.4 Å². The van der Waals surface area contributed by atoms with Crippen molar-refractivity contribution in [2.75, 3.05) is 17.7 Å². The molecule has 38 heavy (non-hydrogen) atoms. The molecule has 2 aromatic heterocycles. The molecule has 2 aromatic carbocycles. The Morgan fingerprint density at radius 2 is 1.68 bits per heavy atom. The van der Waals surface area contributed by atoms with Crippen LogP contribution in [0.4, 0.5) is 16.2 Å². The van der Waals surface area contributed by atoms with Crippen LogP contribution in [0.2, 0.25) is 10.0 Å². The Morgan fingerprint density at radius 1 is 1.00 bits per heavy atom. The molecule has 2 heterocycles. The number of nitrogens with one attached hydrogen (secondary N) is 2. The lowest BCUT2D eigenvalue weighted by atomic mass is 10.00. The van der Waals surface area contributed by atoms with Gasteiger partial charge in [0.25, 0.3) is 5.56 Å². The van der Waals surface area contributed by atoms with Gasteiger partial charge < -0.3 is 20.5 Å². The van der Waals surface area contributed by atoms with Crippen molar-refractivity contribution in [3.8, 4) is 28.1 Å². The maximum Gasteiger partial charge on any atom is 0.341 e. The van der Waals surface area contributed by atoms with Crippen LogP contribution >= 0.6 is 23.2 Å². The highest BCUT2D eigenvalue weighted by Gasteiger charge is 2.16. The number of carbonyl (C=O) groups is 2. The minimum atomic E-state index is -0.730. The Balaban J connectivity index is 1.67. The summed E-state index contributed by atoms with van der Waals surface area (Å²) in [4.78, 5) is 41.2. The fraction of sp³-hybridized carbons (Fsp3) is 0.115. The Labute approximate surface area is 226 Å². The summed E-state index contributed by atoms with van der Waals surface area (Å²) in [5.41, 5.74) is 2.11. The van der Waals surface area contributed by atoms with E-state index in [-0.39, 0.29) is 39.3 Å². The van der Waals surface area contributed by atoms with E-state index in [2.05, 4.69) is 25.5 Å². The third-order valence-corrected chi connectivity index (χ3v) is 6.08. The first-order valence-corrected chi connectivity index (χ1v) is 12.0. The number of phenols is 1. The summed E-state index contributed by atoms with van der Waals surface area (Å²) in [5.74, 6) is -0.865. The zero-order valence-electron chi connectivity index (χ0n) is 20.2. The van der Waals surface area contributed by atoms with Gasteiger partial charge in [-0.05, 0) is 42.3 Å². The molecule has 0 saturated heterocycles. The van der Waals surface area contributed by atoms with E-state index in [0.29, 0.717) is 16.8 Å².